The fraction of sp³-hybridized carbons (Fsp3) is 0.500. The van der Waals surface area contributed by atoms with Crippen LogP contribution in [-0.4, -0.2) is 19.1 Å². The molecule has 0 aliphatic carbocycles. The van der Waals surface area contributed by atoms with Crippen molar-refractivity contribution in [2.24, 2.45) is 5.92 Å². The molecule has 1 unspecified atom stereocenters. The number of halogens is 1. The number of esters is 1. The van der Waals surface area contributed by atoms with Crippen molar-refractivity contribution in [1.82, 2.24) is 0 Å². The maximum Gasteiger partial charge on any atom is 0.328 e. The zero-order valence-corrected chi connectivity index (χ0v) is 11.3. The lowest BCUT2D eigenvalue weighted by Gasteiger charge is -2.20. The molecule has 3 nitrogen and oxygen atoms in total. The van der Waals surface area contributed by atoms with Gasteiger partial charge in [-0.25, -0.2) is 9.18 Å². The number of rotatable bonds is 5. The largest absolute Gasteiger partial charge is 0.467 e. The highest BCUT2D eigenvalue weighted by Crippen LogP contribution is 2.19. The lowest BCUT2D eigenvalue weighted by Crippen LogP contribution is -2.32. The van der Waals surface area contributed by atoms with Crippen LogP contribution < -0.4 is 5.32 Å². The van der Waals surface area contributed by atoms with Gasteiger partial charge < -0.3 is 10.1 Å². The average Bonchev–Trinajstić information content (AvgIpc) is 2.31. The van der Waals surface area contributed by atoms with E-state index in [1.54, 1.807) is 12.1 Å². The van der Waals surface area contributed by atoms with E-state index in [2.05, 4.69) is 5.32 Å². The molecule has 1 rings (SSSR count). The number of anilines is 1. The van der Waals surface area contributed by atoms with Crippen LogP contribution >= 0.6 is 0 Å². The Bertz CT molecular complexity index is 418. The molecule has 0 aromatic heterocycles. The maximum absolute atomic E-state index is 13.6. The van der Waals surface area contributed by atoms with Crippen molar-refractivity contribution in [1.29, 1.82) is 0 Å². The summed E-state index contributed by atoms with van der Waals surface area (Å²) >= 11 is 0. The van der Waals surface area contributed by atoms with E-state index in [9.17, 15) is 9.18 Å². The first-order valence-corrected chi connectivity index (χ1v) is 6.04. The quantitative estimate of drug-likeness (QED) is 0.819. The van der Waals surface area contributed by atoms with Crippen LogP contribution in [0.25, 0.3) is 0 Å². The van der Waals surface area contributed by atoms with E-state index in [1.165, 1.54) is 13.2 Å². The molecule has 1 aromatic carbocycles. The Balaban J connectivity index is 2.88. The second kappa shape index (κ2) is 6.38. The van der Waals surface area contributed by atoms with Crippen molar-refractivity contribution in [3.8, 4) is 0 Å². The molecule has 100 valence electrons. The Labute approximate surface area is 107 Å². The summed E-state index contributed by atoms with van der Waals surface area (Å²) in [6.45, 7) is 5.88. The highest BCUT2D eigenvalue weighted by atomic mass is 19.1. The van der Waals surface area contributed by atoms with Crippen molar-refractivity contribution in [3.05, 3.63) is 29.6 Å². The second-order valence-corrected chi connectivity index (χ2v) is 4.83. The third kappa shape index (κ3) is 4.02. The van der Waals surface area contributed by atoms with Gasteiger partial charge in [0.2, 0.25) is 0 Å². The number of ether oxygens (including phenoxy) is 1. The number of hydrogen-bond donors (Lipinski definition) is 1. The Morgan fingerprint density at radius 3 is 2.67 bits per heavy atom. The molecule has 0 radical (unpaired) electrons. The summed E-state index contributed by atoms with van der Waals surface area (Å²) in [4.78, 5) is 11.6. The number of carbonyl (C=O) groups excluding carboxylic acids is 1. The zero-order chi connectivity index (χ0) is 13.7. The zero-order valence-electron chi connectivity index (χ0n) is 11.3. The molecule has 0 aliphatic heterocycles. The molecule has 18 heavy (non-hydrogen) atoms. The van der Waals surface area contributed by atoms with Gasteiger partial charge in [0.25, 0.3) is 0 Å². The van der Waals surface area contributed by atoms with Gasteiger partial charge in [-0.15, -0.1) is 0 Å². The van der Waals surface area contributed by atoms with Gasteiger partial charge in [-0.05, 0) is 37.0 Å². The SMILES string of the molecule is COC(=O)C(CC(C)C)Nc1cc(C)ccc1F. The first kappa shape index (κ1) is 14.5. The highest BCUT2D eigenvalue weighted by Gasteiger charge is 2.21. The Morgan fingerprint density at radius 1 is 1.44 bits per heavy atom. The lowest BCUT2D eigenvalue weighted by atomic mass is 10.0. The van der Waals surface area contributed by atoms with Crippen LogP contribution in [0.3, 0.4) is 0 Å². The van der Waals surface area contributed by atoms with Gasteiger partial charge in [0.05, 0.1) is 12.8 Å². The Hall–Kier alpha value is -1.58. The van der Waals surface area contributed by atoms with E-state index in [0.29, 0.717) is 18.0 Å². The third-order valence-electron chi connectivity index (χ3n) is 2.64. The molecular formula is C14H20FNO2. The molecule has 0 aliphatic rings. The van der Waals surface area contributed by atoms with Crippen molar-refractivity contribution in [3.63, 3.8) is 0 Å². The van der Waals surface area contributed by atoms with Crippen molar-refractivity contribution < 1.29 is 13.9 Å². The monoisotopic (exact) mass is 253 g/mol. The summed E-state index contributed by atoms with van der Waals surface area (Å²) in [5.74, 6) is -0.419. The predicted octanol–water partition coefficient (Wildman–Crippen LogP) is 3.13. The molecule has 1 atom stereocenters. The van der Waals surface area contributed by atoms with Crippen molar-refractivity contribution >= 4 is 11.7 Å². The van der Waals surface area contributed by atoms with Crippen LogP contribution in [-0.2, 0) is 9.53 Å². The third-order valence-corrected chi connectivity index (χ3v) is 2.64. The molecule has 4 heteroatoms. The standard InChI is InChI=1S/C14H20FNO2/c1-9(2)7-13(14(17)18-4)16-12-8-10(3)5-6-11(12)15/h5-6,8-9,13,16H,7H2,1-4H3. The summed E-state index contributed by atoms with van der Waals surface area (Å²) in [5, 5.41) is 2.92. The van der Waals surface area contributed by atoms with Gasteiger partial charge in [-0.2, -0.15) is 0 Å². The second-order valence-electron chi connectivity index (χ2n) is 4.83. The molecule has 1 aromatic rings. The minimum absolute atomic E-state index is 0.314. The average molecular weight is 253 g/mol. The summed E-state index contributed by atoms with van der Waals surface area (Å²) in [6, 6.07) is 4.25. The van der Waals surface area contributed by atoms with E-state index >= 15 is 0 Å². The van der Waals surface area contributed by atoms with Crippen LogP contribution in [0, 0.1) is 18.7 Å². The van der Waals surface area contributed by atoms with E-state index in [-0.39, 0.29) is 11.8 Å². The van der Waals surface area contributed by atoms with Gasteiger partial charge in [0.15, 0.2) is 0 Å². The minimum atomic E-state index is -0.522. The van der Waals surface area contributed by atoms with Gasteiger partial charge in [-0.1, -0.05) is 19.9 Å². The summed E-state index contributed by atoms with van der Waals surface area (Å²) in [7, 11) is 1.34. The van der Waals surface area contributed by atoms with E-state index in [4.69, 9.17) is 4.74 Å². The van der Waals surface area contributed by atoms with Crippen LogP contribution in [0.1, 0.15) is 25.8 Å². The number of aryl methyl sites for hydroxylation is 1. The van der Waals surface area contributed by atoms with E-state index in [1.807, 2.05) is 20.8 Å². The topological polar surface area (TPSA) is 38.3 Å². The fourth-order valence-corrected chi connectivity index (χ4v) is 1.77. The molecule has 0 heterocycles. The molecule has 0 spiro atoms. The molecular weight excluding hydrogens is 233 g/mol. The highest BCUT2D eigenvalue weighted by molar-refractivity contribution is 5.79. The fourth-order valence-electron chi connectivity index (χ4n) is 1.77. The number of methoxy groups -OCH3 is 1. The minimum Gasteiger partial charge on any atom is -0.467 e. The van der Waals surface area contributed by atoms with Crippen LogP contribution in [0.2, 0.25) is 0 Å². The van der Waals surface area contributed by atoms with Crippen molar-refractivity contribution in [2.75, 3.05) is 12.4 Å². The number of carbonyl (C=O) groups is 1. The molecule has 0 saturated heterocycles. The smallest absolute Gasteiger partial charge is 0.328 e. The van der Waals surface area contributed by atoms with Crippen LogP contribution in [0.5, 0.6) is 0 Å². The molecule has 0 amide bonds. The number of benzene rings is 1. The number of hydrogen-bond acceptors (Lipinski definition) is 3. The van der Waals surface area contributed by atoms with Gasteiger partial charge in [0, 0.05) is 0 Å². The van der Waals surface area contributed by atoms with Crippen LogP contribution in [0.4, 0.5) is 10.1 Å². The van der Waals surface area contributed by atoms with Crippen LogP contribution in [0.15, 0.2) is 18.2 Å². The van der Waals surface area contributed by atoms with Gasteiger partial charge in [-0.3, -0.25) is 0 Å². The lowest BCUT2D eigenvalue weighted by molar-refractivity contribution is -0.141. The Kier molecular flexibility index (Phi) is 5.13. The molecule has 0 saturated carbocycles. The summed E-state index contributed by atoms with van der Waals surface area (Å²) in [6.07, 6.45) is 0.597. The summed E-state index contributed by atoms with van der Waals surface area (Å²) in [5.41, 5.74) is 1.28. The van der Waals surface area contributed by atoms with Gasteiger partial charge in [0.1, 0.15) is 11.9 Å². The van der Waals surface area contributed by atoms with E-state index < -0.39 is 6.04 Å². The first-order chi connectivity index (χ1) is 8.43. The Morgan fingerprint density at radius 2 is 2.11 bits per heavy atom. The first-order valence-electron chi connectivity index (χ1n) is 6.04. The molecule has 0 fully saturated rings. The molecule has 0 bridgehead atoms. The predicted molar refractivity (Wildman–Crippen MR) is 70.0 cm³/mol. The summed E-state index contributed by atoms with van der Waals surface area (Å²) < 4.78 is 18.4. The van der Waals surface area contributed by atoms with Crippen molar-refractivity contribution in [2.45, 2.75) is 33.2 Å². The number of nitrogens with one attached hydrogen (secondary N) is 1. The normalized spacial score (nSPS) is 12.3. The maximum atomic E-state index is 13.6. The van der Waals surface area contributed by atoms with E-state index in [0.717, 1.165) is 5.56 Å². The van der Waals surface area contributed by atoms with Gasteiger partial charge >= 0.3 is 5.97 Å². The molecule has 1 N–H and O–H groups in total.